The van der Waals surface area contributed by atoms with E-state index in [2.05, 4.69) is 0 Å². The maximum Gasteiger partial charge on any atom is 0.182 e. The first-order chi connectivity index (χ1) is 8.56. The topological polar surface area (TPSA) is 94.3 Å². The van der Waals surface area contributed by atoms with Gasteiger partial charge in [-0.05, 0) is 32.0 Å². The molecule has 0 radical (unpaired) electrons. The lowest BCUT2D eigenvalue weighted by Gasteiger charge is -2.09. The molecule has 0 heterocycles. The Hall–Kier alpha value is -1.15. The predicted molar refractivity (Wildman–Crippen MR) is 71.8 cm³/mol. The average molecular weight is 309 g/mol. The zero-order chi connectivity index (χ0) is 14.8. The number of anilines is 1. The molecule has 1 aromatic carbocycles. The highest BCUT2D eigenvalue weighted by molar-refractivity contribution is 7.95. The molecule has 0 atom stereocenters. The molecule has 1 aromatic rings. The summed E-state index contributed by atoms with van der Waals surface area (Å²) in [6.45, 7) is 2.93. The molecule has 108 valence electrons. The fourth-order valence-electron chi connectivity index (χ4n) is 1.34. The third-order valence-electron chi connectivity index (χ3n) is 2.65. The second-order valence-corrected chi connectivity index (χ2v) is 9.18. The van der Waals surface area contributed by atoms with E-state index in [0.29, 0.717) is 0 Å². The van der Waals surface area contributed by atoms with Crippen LogP contribution >= 0.6 is 0 Å². The van der Waals surface area contributed by atoms with Gasteiger partial charge in [0.1, 0.15) is 10.7 Å². The monoisotopic (exact) mass is 309 g/mol. The average Bonchev–Trinajstić information content (AvgIpc) is 2.26. The van der Waals surface area contributed by atoms with Gasteiger partial charge in [0, 0.05) is 5.69 Å². The van der Waals surface area contributed by atoms with Crippen LogP contribution in [0.15, 0.2) is 23.1 Å². The van der Waals surface area contributed by atoms with Crippen LogP contribution in [0.25, 0.3) is 0 Å². The molecule has 0 bridgehead atoms. The minimum absolute atomic E-state index is 0.103. The predicted octanol–water partition coefficient (Wildman–Crippen LogP) is 1.00. The Morgan fingerprint density at radius 1 is 1.16 bits per heavy atom. The van der Waals surface area contributed by atoms with Crippen molar-refractivity contribution in [2.75, 3.05) is 17.2 Å². The SMILES string of the molecule is CC(C)S(=O)(=O)CCS(=O)(=O)c1ccc(N)cc1F. The van der Waals surface area contributed by atoms with Crippen molar-refractivity contribution < 1.29 is 21.2 Å². The molecule has 0 spiro atoms. The molecule has 8 heteroatoms. The van der Waals surface area contributed by atoms with E-state index in [4.69, 9.17) is 5.73 Å². The molecule has 0 aromatic heterocycles. The summed E-state index contributed by atoms with van der Waals surface area (Å²) in [5, 5.41) is -0.668. The molecule has 0 unspecified atom stereocenters. The van der Waals surface area contributed by atoms with Crippen LogP contribution in [0.2, 0.25) is 0 Å². The summed E-state index contributed by atoms with van der Waals surface area (Å²) >= 11 is 0. The Bertz CT molecular complexity index is 666. The number of hydrogen-bond donors (Lipinski definition) is 1. The highest BCUT2D eigenvalue weighted by Gasteiger charge is 2.24. The first-order valence-electron chi connectivity index (χ1n) is 5.55. The normalized spacial score (nSPS) is 12.8. The minimum atomic E-state index is -3.98. The maximum atomic E-state index is 13.5. The maximum absolute atomic E-state index is 13.5. The molecule has 0 aliphatic rings. The molecule has 5 nitrogen and oxygen atoms in total. The van der Waals surface area contributed by atoms with E-state index in [1.807, 2.05) is 0 Å². The summed E-state index contributed by atoms with van der Waals surface area (Å²) in [5.74, 6) is -2.15. The molecule has 0 aliphatic heterocycles. The fourth-order valence-corrected chi connectivity index (χ4v) is 4.47. The van der Waals surface area contributed by atoms with Crippen LogP contribution in [0.1, 0.15) is 13.8 Å². The van der Waals surface area contributed by atoms with Gasteiger partial charge in [0.15, 0.2) is 19.7 Å². The van der Waals surface area contributed by atoms with Crippen molar-refractivity contribution in [2.45, 2.75) is 24.0 Å². The largest absolute Gasteiger partial charge is 0.399 e. The van der Waals surface area contributed by atoms with Crippen LogP contribution in [0.5, 0.6) is 0 Å². The van der Waals surface area contributed by atoms with Gasteiger partial charge in [-0.15, -0.1) is 0 Å². The second-order valence-electron chi connectivity index (χ2n) is 4.42. The Labute approximate surface area is 112 Å². The van der Waals surface area contributed by atoms with Crippen LogP contribution in [-0.4, -0.2) is 33.6 Å². The summed E-state index contributed by atoms with van der Waals surface area (Å²) in [4.78, 5) is -0.527. The van der Waals surface area contributed by atoms with Gasteiger partial charge in [-0.2, -0.15) is 0 Å². The third kappa shape index (κ3) is 3.90. The number of nitrogens with two attached hydrogens (primary N) is 1. The quantitative estimate of drug-likeness (QED) is 0.819. The van der Waals surface area contributed by atoms with Gasteiger partial charge in [0.25, 0.3) is 0 Å². The van der Waals surface area contributed by atoms with Crippen molar-refractivity contribution in [2.24, 2.45) is 0 Å². The minimum Gasteiger partial charge on any atom is -0.399 e. The van der Waals surface area contributed by atoms with Crippen molar-refractivity contribution in [3.05, 3.63) is 24.0 Å². The van der Waals surface area contributed by atoms with Gasteiger partial charge in [-0.1, -0.05) is 0 Å². The molecule has 1 rings (SSSR count). The fraction of sp³-hybridized carbons (Fsp3) is 0.455. The smallest absolute Gasteiger partial charge is 0.182 e. The standard InChI is InChI=1S/C11H16FNO4S2/c1-8(2)18(14,15)5-6-19(16,17)11-4-3-9(13)7-10(11)12/h3-4,7-8H,5-6,13H2,1-2H3. The van der Waals surface area contributed by atoms with Crippen molar-refractivity contribution in [3.63, 3.8) is 0 Å². The highest BCUT2D eigenvalue weighted by Crippen LogP contribution is 2.19. The number of benzene rings is 1. The van der Waals surface area contributed by atoms with E-state index >= 15 is 0 Å². The summed E-state index contributed by atoms with van der Waals surface area (Å²) in [5.41, 5.74) is 5.43. The summed E-state index contributed by atoms with van der Waals surface area (Å²) in [6, 6.07) is 3.19. The Morgan fingerprint density at radius 3 is 2.21 bits per heavy atom. The summed E-state index contributed by atoms with van der Waals surface area (Å²) in [7, 11) is -7.47. The van der Waals surface area contributed by atoms with E-state index in [9.17, 15) is 21.2 Å². The zero-order valence-corrected chi connectivity index (χ0v) is 12.3. The van der Waals surface area contributed by atoms with Crippen LogP contribution in [-0.2, 0) is 19.7 Å². The van der Waals surface area contributed by atoms with E-state index in [-0.39, 0.29) is 5.69 Å². The lowest BCUT2D eigenvalue weighted by atomic mass is 10.3. The van der Waals surface area contributed by atoms with Crippen molar-refractivity contribution in [1.29, 1.82) is 0 Å². The van der Waals surface area contributed by atoms with E-state index in [0.717, 1.165) is 12.1 Å². The molecular weight excluding hydrogens is 293 g/mol. The first kappa shape index (κ1) is 15.9. The van der Waals surface area contributed by atoms with Gasteiger partial charge < -0.3 is 5.73 Å². The number of rotatable bonds is 5. The lowest BCUT2D eigenvalue weighted by molar-refractivity contribution is 0.565. The van der Waals surface area contributed by atoms with Gasteiger partial charge in [0.05, 0.1) is 16.8 Å². The van der Waals surface area contributed by atoms with Crippen LogP contribution in [0.4, 0.5) is 10.1 Å². The van der Waals surface area contributed by atoms with Crippen LogP contribution in [0, 0.1) is 5.82 Å². The lowest BCUT2D eigenvalue weighted by Crippen LogP contribution is -2.24. The molecule has 0 saturated carbocycles. The van der Waals surface area contributed by atoms with E-state index in [1.54, 1.807) is 0 Å². The van der Waals surface area contributed by atoms with Crippen LogP contribution in [0.3, 0.4) is 0 Å². The van der Waals surface area contributed by atoms with Crippen molar-refractivity contribution in [3.8, 4) is 0 Å². The van der Waals surface area contributed by atoms with Gasteiger partial charge in [0.2, 0.25) is 0 Å². The van der Waals surface area contributed by atoms with Crippen LogP contribution < -0.4 is 5.73 Å². The van der Waals surface area contributed by atoms with Gasteiger partial charge in [-0.25, -0.2) is 21.2 Å². The molecule has 0 aliphatic carbocycles. The highest BCUT2D eigenvalue weighted by atomic mass is 32.2. The molecule has 0 amide bonds. The molecular formula is C11H16FNO4S2. The van der Waals surface area contributed by atoms with E-state index in [1.165, 1.54) is 19.9 Å². The third-order valence-corrected chi connectivity index (χ3v) is 6.86. The molecule has 19 heavy (non-hydrogen) atoms. The van der Waals surface area contributed by atoms with Crippen molar-refractivity contribution >= 4 is 25.4 Å². The summed E-state index contributed by atoms with van der Waals surface area (Å²) < 4.78 is 60.4. The molecule has 0 fully saturated rings. The summed E-state index contributed by atoms with van der Waals surface area (Å²) in [6.07, 6.45) is 0. The molecule has 2 N–H and O–H groups in total. The zero-order valence-electron chi connectivity index (χ0n) is 10.6. The van der Waals surface area contributed by atoms with Gasteiger partial charge in [-0.3, -0.25) is 0 Å². The number of nitrogen functional groups attached to an aromatic ring is 1. The number of sulfone groups is 2. The molecule has 0 saturated heterocycles. The number of hydrogen-bond acceptors (Lipinski definition) is 5. The number of halogens is 1. The first-order valence-corrected chi connectivity index (χ1v) is 8.92. The van der Waals surface area contributed by atoms with Gasteiger partial charge >= 0.3 is 0 Å². The van der Waals surface area contributed by atoms with E-state index < -0.39 is 47.1 Å². The van der Waals surface area contributed by atoms with Crippen molar-refractivity contribution in [1.82, 2.24) is 0 Å². The Morgan fingerprint density at radius 2 is 1.74 bits per heavy atom. The Balaban J connectivity index is 3.00. The second kappa shape index (κ2) is 5.46. The Kier molecular flexibility index (Phi) is 4.57.